The molecule has 0 atom stereocenters. The smallest absolute Gasteiger partial charge is 0.0713 e. The van der Waals surface area contributed by atoms with Gasteiger partial charge in [-0.1, -0.05) is 196 Å². The topological polar surface area (TPSA) is 3.24 Å². The normalized spacial score (nSPS) is 13.9. The van der Waals surface area contributed by atoms with E-state index in [0.29, 0.717) is 0 Å². The van der Waals surface area contributed by atoms with Crippen molar-refractivity contribution in [1.82, 2.24) is 0 Å². The van der Waals surface area contributed by atoms with Crippen molar-refractivity contribution in [3.63, 3.8) is 0 Å². The Morgan fingerprint density at radius 1 is 0.288 bits per heavy atom. The Bertz CT molecular complexity index is 2970. The van der Waals surface area contributed by atoms with Gasteiger partial charge in [0.2, 0.25) is 0 Å². The molecule has 9 aromatic carbocycles. The summed E-state index contributed by atoms with van der Waals surface area (Å²) in [5.41, 5.74) is 20.8. The maximum atomic E-state index is 2.42. The van der Waals surface area contributed by atoms with Crippen molar-refractivity contribution in [3.8, 4) is 44.5 Å². The first-order valence-electron chi connectivity index (χ1n) is 20.7. The van der Waals surface area contributed by atoms with E-state index in [1.165, 1.54) is 77.9 Å². The average molecular weight is 754 g/mol. The minimum Gasteiger partial charge on any atom is -0.310 e. The van der Waals surface area contributed by atoms with Gasteiger partial charge >= 0.3 is 0 Å². The average Bonchev–Trinajstić information content (AvgIpc) is 3.73. The second-order valence-corrected chi connectivity index (χ2v) is 16.5. The largest absolute Gasteiger partial charge is 0.310 e. The third-order valence-corrected chi connectivity index (χ3v) is 13.0. The number of hydrogen-bond donors (Lipinski definition) is 0. The minimum atomic E-state index is -0.439. The Balaban J connectivity index is 1.04. The van der Waals surface area contributed by atoms with E-state index in [1.54, 1.807) is 0 Å². The Labute approximate surface area is 347 Å². The molecule has 0 saturated heterocycles. The molecule has 0 radical (unpaired) electrons. The predicted molar refractivity (Wildman–Crippen MR) is 247 cm³/mol. The quantitative estimate of drug-likeness (QED) is 0.157. The number of anilines is 3. The van der Waals surface area contributed by atoms with E-state index in [2.05, 4.69) is 243 Å². The van der Waals surface area contributed by atoms with E-state index < -0.39 is 5.41 Å². The Kier molecular flexibility index (Phi) is 8.13. The Morgan fingerprint density at radius 2 is 0.746 bits per heavy atom. The van der Waals surface area contributed by atoms with Crippen LogP contribution in [0.15, 0.2) is 224 Å². The van der Waals surface area contributed by atoms with E-state index >= 15 is 0 Å². The molecule has 0 N–H and O–H groups in total. The number of hydrogen-bond acceptors (Lipinski definition) is 1. The van der Waals surface area contributed by atoms with Gasteiger partial charge in [0.25, 0.3) is 0 Å². The lowest BCUT2D eigenvalue weighted by Gasteiger charge is -2.34. The summed E-state index contributed by atoms with van der Waals surface area (Å²) in [5, 5.41) is 0. The SMILES string of the molecule is CC1(C)c2ccccc2-c2ccc(N(c3ccc(-c4cccc(C5(c6ccccc6)c6ccccc6-c6ccccc65)c4)cc3)c3cccc(-c4ccccc4)c3)cc21. The fourth-order valence-electron chi connectivity index (χ4n) is 10.2. The number of benzene rings is 9. The first-order chi connectivity index (χ1) is 29.0. The molecule has 0 bridgehead atoms. The first kappa shape index (κ1) is 35.0. The van der Waals surface area contributed by atoms with Crippen LogP contribution in [0.1, 0.15) is 47.2 Å². The molecule has 0 heterocycles. The lowest BCUT2D eigenvalue weighted by molar-refractivity contribution is 0.660. The van der Waals surface area contributed by atoms with Crippen LogP contribution in [0.5, 0.6) is 0 Å². The molecule has 2 aliphatic carbocycles. The van der Waals surface area contributed by atoms with E-state index in [1.807, 2.05) is 0 Å². The summed E-state index contributed by atoms with van der Waals surface area (Å²) >= 11 is 0. The van der Waals surface area contributed by atoms with Crippen LogP contribution < -0.4 is 4.90 Å². The van der Waals surface area contributed by atoms with E-state index in [4.69, 9.17) is 0 Å². The van der Waals surface area contributed by atoms with Gasteiger partial charge in [-0.2, -0.15) is 0 Å². The van der Waals surface area contributed by atoms with Crippen molar-refractivity contribution in [2.24, 2.45) is 0 Å². The molecule has 1 heteroatoms. The summed E-state index contributed by atoms with van der Waals surface area (Å²) in [6.45, 7) is 4.71. The molecule has 59 heavy (non-hydrogen) atoms. The highest BCUT2D eigenvalue weighted by molar-refractivity contribution is 5.89. The van der Waals surface area contributed by atoms with Crippen LogP contribution in [0.2, 0.25) is 0 Å². The summed E-state index contributed by atoms with van der Waals surface area (Å²) in [6, 6.07) is 82.9. The van der Waals surface area contributed by atoms with Gasteiger partial charge in [0.1, 0.15) is 0 Å². The van der Waals surface area contributed by atoms with Crippen LogP contribution in [0.4, 0.5) is 17.1 Å². The molecule has 0 amide bonds. The van der Waals surface area contributed by atoms with Crippen molar-refractivity contribution < 1.29 is 0 Å². The molecule has 9 aromatic rings. The van der Waals surface area contributed by atoms with Crippen LogP contribution in [0.25, 0.3) is 44.5 Å². The molecule has 1 nitrogen and oxygen atoms in total. The second-order valence-electron chi connectivity index (χ2n) is 16.5. The molecule has 2 aliphatic rings. The zero-order valence-corrected chi connectivity index (χ0v) is 33.3. The molecular formula is C58H43N. The summed E-state index contributed by atoms with van der Waals surface area (Å²) < 4.78 is 0. The van der Waals surface area contributed by atoms with Gasteiger partial charge in [0.05, 0.1) is 5.41 Å². The molecule has 280 valence electrons. The van der Waals surface area contributed by atoms with Crippen LogP contribution in [0, 0.1) is 0 Å². The summed E-state index contributed by atoms with van der Waals surface area (Å²) in [7, 11) is 0. The van der Waals surface area contributed by atoms with Gasteiger partial charge < -0.3 is 4.90 Å². The number of fused-ring (bicyclic) bond motifs is 6. The highest BCUT2D eigenvalue weighted by Crippen LogP contribution is 2.56. The standard InChI is InChI=1S/C58H43N/c1-57(2)53-28-12-9-25-49(53)52-36-35-48(39-56(52)57)59(47-24-16-20-43(38-47)40-17-5-3-6-18-40)46-33-31-41(32-34-46)42-19-15-23-45(37-42)58(44-21-7-4-8-22-44)54-29-13-10-26-50(54)51-27-11-14-30-55(51)58/h3-39H,1-2H3. The monoisotopic (exact) mass is 753 g/mol. The molecule has 11 rings (SSSR count). The van der Waals surface area contributed by atoms with Gasteiger partial charge in [-0.25, -0.2) is 0 Å². The van der Waals surface area contributed by atoms with Gasteiger partial charge in [0, 0.05) is 22.5 Å². The van der Waals surface area contributed by atoms with Crippen molar-refractivity contribution in [2.75, 3.05) is 4.90 Å². The third-order valence-electron chi connectivity index (χ3n) is 13.0. The molecule has 0 aromatic heterocycles. The van der Waals surface area contributed by atoms with E-state index in [0.717, 1.165) is 17.1 Å². The highest BCUT2D eigenvalue weighted by Gasteiger charge is 2.46. The zero-order chi connectivity index (χ0) is 39.6. The van der Waals surface area contributed by atoms with Crippen molar-refractivity contribution in [1.29, 1.82) is 0 Å². The number of rotatable bonds is 7. The summed E-state index contributed by atoms with van der Waals surface area (Å²) in [6.07, 6.45) is 0. The van der Waals surface area contributed by atoms with Gasteiger partial charge in [0.15, 0.2) is 0 Å². The van der Waals surface area contributed by atoms with Crippen molar-refractivity contribution >= 4 is 17.1 Å². The summed E-state index contributed by atoms with van der Waals surface area (Å²) in [5.74, 6) is 0. The van der Waals surface area contributed by atoms with Gasteiger partial charge in [-0.15, -0.1) is 0 Å². The molecule has 0 fully saturated rings. The fraction of sp³-hybridized carbons (Fsp3) is 0.0690. The van der Waals surface area contributed by atoms with Crippen LogP contribution >= 0.6 is 0 Å². The molecule has 0 spiro atoms. The van der Waals surface area contributed by atoms with Crippen LogP contribution in [0.3, 0.4) is 0 Å². The lowest BCUT2D eigenvalue weighted by atomic mass is 9.67. The Hall–Kier alpha value is -7.22. The molecule has 0 unspecified atom stereocenters. The Morgan fingerprint density at radius 3 is 1.42 bits per heavy atom. The molecule has 0 aliphatic heterocycles. The van der Waals surface area contributed by atoms with Gasteiger partial charge in [-0.05, 0) is 120 Å². The minimum absolute atomic E-state index is 0.105. The van der Waals surface area contributed by atoms with E-state index in [-0.39, 0.29) is 5.41 Å². The third kappa shape index (κ3) is 5.46. The second kappa shape index (κ2) is 13.7. The first-order valence-corrected chi connectivity index (χ1v) is 20.7. The lowest BCUT2D eigenvalue weighted by Crippen LogP contribution is -2.28. The van der Waals surface area contributed by atoms with Crippen molar-refractivity contribution in [3.05, 3.63) is 258 Å². The van der Waals surface area contributed by atoms with Gasteiger partial charge in [-0.3, -0.25) is 0 Å². The maximum Gasteiger partial charge on any atom is 0.0713 e. The molecular weight excluding hydrogens is 711 g/mol. The van der Waals surface area contributed by atoms with E-state index in [9.17, 15) is 0 Å². The van der Waals surface area contributed by atoms with Crippen LogP contribution in [-0.4, -0.2) is 0 Å². The maximum absolute atomic E-state index is 2.42. The predicted octanol–water partition coefficient (Wildman–Crippen LogP) is 15.2. The molecule has 0 saturated carbocycles. The highest BCUT2D eigenvalue weighted by atomic mass is 15.1. The number of nitrogens with zero attached hydrogens (tertiary/aromatic N) is 1. The fourth-order valence-corrected chi connectivity index (χ4v) is 10.2. The zero-order valence-electron chi connectivity index (χ0n) is 33.3. The summed E-state index contributed by atoms with van der Waals surface area (Å²) in [4.78, 5) is 2.42. The van der Waals surface area contributed by atoms with Crippen molar-refractivity contribution in [2.45, 2.75) is 24.7 Å². The van der Waals surface area contributed by atoms with Crippen LogP contribution in [-0.2, 0) is 10.8 Å².